The van der Waals surface area contributed by atoms with Crippen LogP contribution in [0.5, 0.6) is 0 Å². The molecule has 1 aliphatic rings. The Kier molecular flexibility index (Phi) is 6.46. The molecule has 0 radical (unpaired) electrons. The van der Waals surface area contributed by atoms with Gasteiger partial charge < -0.3 is 15.4 Å². The molecule has 0 unspecified atom stereocenters. The predicted octanol–water partition coefficient (Wildman–Crippen LogP) is 4.16. The Morgan fingerprint density at radius 1 is 1.00 bits per heavy atom. The first-order chi connectivity index (χ1) is 13.4. The van der Waals surface area contributed by atoms with E-state index in [0.29, 0.717) is 16.3 Å². The molecule has 0 bridgehead atoms. The van der Waals surface area contributed by atoms with Crippen LogP contribution in [-0.4, -0.2) is 23.9 Å². The van der Waals surface area contributed by atoms with Crippen molar-refractivity contribution in [3.05, 3.63) is 45.6 Å². The highest BCUT2D eigenvalue weighted by Gasteiger charge is 2.22. The summed E-state index contributed by atoms with van der Waals surface area (Å²) in [4.78, 5) is 37.6. The van der Waals surface area contributed by atoms with Gasteiger partial charge in [0.2, 0.25) is 5.91 Å². The fourth-order valence-corrected chi connectivity index (χ4v) is 4.26. The average Bonchev–Trinajstić information content (AvgIpc) is 2.93. The normalized spacial score (nSPS) is 14.4. The molecule has 0 aliphatic heterocycles. The first-order valence-corrected chi connectivity index (χ1v) is 10.2. The van der Waals surface area contributed by atoms with Crippen molar-refractivity contribution < 1.29 is 19.1 Å². The summed E-state index contributed by atoms with van der Waals surface area (Å²) in [6, 6.07) is 8.64. The van der Waals surface area contributed by atoms with Gasteiger partial charge in [-0.3, -0.25) is 9.59 Å². The molecule has 1 aromatic carbocycles. The Labute approximate surface area is 168 Å². The smallest absolute Gasteiger partial charge is 0.349 e. The first kappa shape index (κ1) is 20.1. The molecule has 0 fully saturated rings. The van der Waals surface area contributed by atoms with Crippen LogP contribution in [0.3, 0.4) is 0 Å². The van der Waals surface area contributed by atoms with Crippen molar-refractivity contribution in [3.8, 4) is 0 Å². The van der Waals surface area contributed by atoms with E-state index in [4.69, 9.17) is 4.74 Å². The maximum Gasteiger partial charge on any atom is 0.349 e. The molecule has 3 rings (SSSR count). The Balaban J connectivity index is 1.56. The fourth-order valence-electron chi connectivity index (χ4n) is 3.12. The van der Waals surface area contributed by atoms with Crippen LogP contribution < -0.4 is 10.6 Å². The molecule has 2 aromatic rings. The number of hydrogen-bond donors (Lipinski definition) is 2. The van der Waals surface area contributed by atoms with Gasteiger partial charge in [-0.1, -0.05) is 6.42 Å². The molecular weight excluding hydrogens is 376 g/mol. The van der Waals surface area contributed by atoms with Crippen LogP contribution in [0.15, 0.2) is 30.3 Å². The molecule has 0 spiro atoms. The second-order valence-corrected chi connectivity index (χ2v) is 8.05. The van der Waals surface area contributed by atoms with E-state index in [2.05, 4.69) is 10.6 Å². The van der Waals surface area contributed by atoms with Gasteiger partial charge >= 0.3 is 5.97 Å². The topological polar surface area (TPSA) is 84.5 Å². The van der Waals surface area contributed by atoms with Crippen LogP contribution in [0.4, 0.5) is 11.4 Å². The number of hydrogen-bond acceptors (Lipinski definition) is 5. The molecule has 2 N–H and O–H groups in total. The molecule has 1 aliphatic carbocycles. The molecule has 7 heteroatoms. The molecule has 6 nitrogen and oxygen atoms in total. The number of carbonyl (C=O) groups excluding carboxylic acids is 3. The summed E-state index contributed by atoms with van der Waals surface area (Å²) < 4.78 is 5.36. The van der Waals surface area contributed by atoms with Crippen LogP contribution in [0.2, 0.25) is 0 Å². The van der Waals surface area contributed by atoms with Gasteiger partial charge in [0.05, 0.1) is 0 Å². The minimum Gasteiger partial charge on any atom is -0.448 e. The standard InChI is InChI=1S/C21H24N2O4S/c1-13(20(25)23-17-10-8-16(9-11-17)22-14(2)24)27-21(26)19-12-15-6-4-3-5-7-18(15)28-19/h8-13H,3-7H2,1-2H3,(H,22,24)(H,23,25)/t13-/m0/s1. The van der Waals surface area contributed by atoms with Crippen molar-refractivity contribution in [3.63, 3.8) is 0 Å². The molecule has 2 amide bonds. The third-order valence-corrected chi connectivity index (χ3v) is 5.79. The molecule has 1 heterocycles. The summed E-state index contributed by atoms with van der Waals surface area (Å²) >= 11 is 1.48. The van der Waals surface area contributed by atoms with Crippen molar-refractivity contribution in [1.29, 1.82) is 0 Å². The number of amides is 2. The van der Waals surface area contributed by atoms with Crippen LogP contribution in [0.1, 0.15) is 53.2 Å². The second-order valence-electron chi connectivity index (χ2n) is 6.92. The van der Waals surface area contributed by atoms with Crippen LogP contribution in [-0.2, 0) is 27.2 Å². The third kappa shape index (κ3) is 5.19. The average molecular weight is 401 g/mol. The minimum atomic E-state index is -0.913. The van der Waals surface area contributed by atoms with E-state index in [1.54, 1.807) is 31.2 Å². The second kappa shape index (κ2) is 9.01. The Hall–Kier alpha value is -2.67. The summed E-state index contributed by atoms with van der Waals surface area (Å²) in [5.41, 5.74) is 2.44. The lowest BCUT2D eigenvalue weighted by molar-refractivity contribution is -0.123. The van der Waals surface area contributed by atoms with Crippen LogP contribution >= 0.6 is 11.3 Å². The van der Waals surface area contributed by atoms with E-state index >= 15 is 0 Å². The predicted molar refractivity (Wildman–Crippen MR) is 110 cm³/mol. The highest BCUT2D eigenvalue weighted by Crippen LogP contribution is 2.29. The summed E-state index contributed by atoms with van der Waals surface area (Å²) in [7, 11) is 0. The zero-order chi connectivity index (χ0) is 20.1. The Bertz CT molecular complexity index is 850. The molecule has 1 atom stereocenters. The Morgan fingerprint density at radius 3 is 2.32 bits per heavy atom. The number of nitrogens with one attached hydrogen (secondary N) is 2. The fraction of sp³-hybridized carbons (Fsp3) is 0.381. The summed E-state index contributed by atoms with van der Waals surface area (Å²) in [5, 5.41) is 5.37. The van der Waals surface area contributed by atoms with Gasteiger partial charge in [0.25, 0.3) is 5.91 Å². The molecule has 28 heavy (non-hydrogen) atoms. The van der Waals surface area contributed by atoms with Gasteiger partial charge in [-0.2, -0.15) is 0 Å². The van der Waals surface area contributed by atoms with Gasteiger partial charge in [0, 0.05) is 23.2 Å². The highest BCUT2D eigenvalue weighted by molar-refractivity contribution is 7.14. The number of fused-ring (bicyclic) bond motifs is 1. The minimum absolute atomic E-state index is 0.164. The maximum atomic E-state index is 12.4. The van der Waals surface area contributed by atoms with Gasteiger partial charge in [-0.05, 0) is 68.5 Å². The highest BCUT2D eigenvalue weighted by atomic mass is 32.1. The number of benzene rings is 1. The molecule has 0 saturated heterocycles. The van der Waals surface area contributed by atoms with Gasteiger partial charge in [-0.15, -0.1) is 11.3 Å². The van der Waals surface area contributed by atoms with E-state index in [1.165, 1.54) is 35.1 Å². The van der Waals surface area contributed by atoms with Gasteiger partial charge in [0.15, 0.2) is 6.10 Å². The largest absolute Gasteiger partial charge is 0.448 e. The number of thiophene rings is 1. The summed E-state index contributed by atoms with van der Waals surface area (Å²) in [5.74, 6) is -1.02. The maximum absolute atomic E-state index is 12.4. The van der Waals surface area contributed by atoms with Crippen molar-refractivity contribution in [2.75, 3.05) is 10.6 Å². The summed E-state index contributed by atoms with van der Waals surface area (Å²) in [6.45, 7) is 2.98. The van der Waals surface area contributed by atoms with Crippen LogP contribution in [0.25, 0.3) is 0 Å². The lowest BCUT2D eigenvalue weighted by Crippen LogP contribution is -2.29. The molecule has 1 aromatic heterocycles. The number of carbonyl (C=O) groups is 3. The van der Waals surface area contributed by atoms with Crippen molar-refractivity contribution >= 4 is 40.5 Å². The van der Waals surface area contributed by atoms with Gasteiger partial charge in [0.1, 0.15) is 4.88 Å². The molecular formula is C21H24N2O4S. The lowest BCUT2D eigenvalue weighted by atomic mass is 10.1. The quantitative estimate of drug-likeness (QED) is 0.583. The third-order valence-electron chi connectivity index (χ3n) is 4.57. The first-order valence-electron chi connectivity index (χ1n) is 9.43. The van der Waals surface area contributed by atoms with E-state index in [1.807, 2.05) is 6.07 Å². The van der Waals surface area contributed by atoms with Crippen molar-refractivity contribution in [2.24, 2.45) is 0 Å². The van der Waals surface area contributed by atoms with E-state index in [9.17, 15) is 14.4 Å². The number of esters is 1. The zero-order valence-corrected chi connectivity index (χ0v) is 16.9. The van der Waals surface area contributed by atoms with Crippen molar-refractivity contribution in [1.82, 2.24) is 0 Å². The van der Waals surface area contributed by atoms with Gasteiger partial charge in [-0.25, -0.2) is 4.79 Å². The monoisotopic (exact) mass is 400 g/mol. The number of rotatable bonds is 5. The lowest BCUT2D eigenvalue weighted by Gasteiger charge is -2.13. The van der Waals surface area contributed by atoms with Crippen LogP contribution in [0, 0.1) is 0 Å². The molecule has 148 valence electrons. The SMILES string of the molecule is CC(=O)Nc1ccc(NC(=O)[C@H](C)OC(=O)c2cc3c(s2)CCCCC3)cc1. The van der Waals surface area contributed by atoms with Crippen molar-refractivity contribution in [2.45, 2.75) is 52.1 Å². The Morgan fingerprint density at radius 2 is 1.64 bits per heavy atom. The molecule has 0 saturated carbocycles. The zero-order valence-electron chi connectivity index (χ0n) is 16.0. The number of aryl methyl sites for hydroxylation is 2. The number of ether oxygens (including phenoxy) is 1. The summed E-state index contributed by atoms with van der Waals surface area (Å²) in [6.07, 6.45) is 4.63. The van der Waals surface area contributed by atoms with E-state index in [0.717, 1.165) is 25.7 Å². The van der Waals surface area contributed by atoms with E-state index < -0.39 is 18.0 Å². The van der Waals surface area contributed by atoms with E-state index in [-0.39, 0.29) is 5.91 Å². The number of anilines is 2.